The molecule has 0 N–H and O–H groups in total. The van der Waals surface area contributed by atoms with Gasteiger partial charge in [0.1, 0.15) is 6.34 Å². The van der Waals surface area contributed by atoms with Crippen LogP contribution in [0.15, 0.2) is 29.4 Å². The third kappa shape index (κ3) is 2.83. The topological polar surface area (TPSA) is 24.8 Å². The summed E-state index contributed by atoms with van der Waals surface area (Å²) in [6, 6.07) is 10.8. The van der Waals surface area contributed by atoms with Gasteiger partial charge in [-0.3, -0.25) is 0 Å². The number of nitrogens with zero attached hydrogens (tertiary/aromatic N) is 2. The van der Waals surface area contributed by atoms with E-state index in [1.807, 2.05) is 29.2 Å². The van der Waals surface area contributed by atoms with E-state index < -0.39 is 0 Å². The number of para-hydroxylation sites is 1. The third-order valence-electron chi connectivity index (χ3n) is 1.46. The van der Waals surface area contributed by atoms with Crippen LogP contribution in [0.1, 0.15) is 0 Å². The standard InChI is InChI=1S/C8H7N2O.CH3.Ir/c1-2-4-8(5-3-1)10-6-9-11-7-10;;/h1-4,6H,7H2;1H3;/q2*-1;. The largest absolute Gasteiger partial charge is 0.372 e. The average molecular weight is 354 g/mol. The minimum absolute atomic E-state index is 0. The average Bonchev–Trinajstić information content (AvgIpc) is 2.58. The van der Waals surface area contributed by atoms with E-state index in [9.17, 15) is 0 Å². The second kappa shape index (κ2) is 5.73. The van der Waals surface area contributed by atoms with Crippen LogP contribution in [-0.2, 0) is 24.9 Å². The van der Waals surface area contributed by atoms with Crippen molar-refractivity contribution in [1.29, 1.82) is 0 Å². The second-order valence-electron chi connectivity index (χ2n) is 2.20. The van der Waals surface area contributed by atoms with Gasteiger partial charge in [-0.1, -0.05) is 10.8 Å². The molecule has 1 radical (unpaired) electrons. The van der Waals surface area contributed by atoms with Crippen LogP contribution in [0.4, 0.5) is 5.69 Å². The van der Waals surface area contributed by atoms with Gasteiger partial charge in [0.05, 0.1) is 0 Å². The molecule has 1 aliphatic rings. The summed E-state index contributed by atoms with van der Waals surface area (Å²) in [5.74, 6) is 0. The van der Waals surface area contributed by atoms with Gasteiger partial charge in [0.25, 0.3) is 0 Å². The molecule has 1 aromatic carbocycles. The molecule has 0 amide bonds. The predicted molar refractivity (Wildman–Crippen MR) is 48.6 cm³/mol. The molecule has 0 saturated heterocycles. The Labute approximate surface area is 91.7 Å². The summed E-state index contributed by atoms with van der Waals surface area (Å²) in [5.41, 5.74) is 0.980. The van der Waals surface area contributed by atoms with Crippen LogP contribution in [0.2, 0.25) is 0 Å². The summed E-state index contributed by atoms with van der Waals surface area (Å²) in [6.07, 6.45) is 1.64. The molecule has 1 aliphatic heterocycles. The Hall–Kier alpha value is -0.861. The van der Waals surface area contributed by atoms with Crippen molar-refractivity contribution in [1.82, 2.24) is 0 Å². The molecule has 4 heteroatoms. The number of rotatable bonds is 1. The zero-order valence-electron chi connectivity index (χ0n) is 7.23. The second-order valence-corrected chi connectivity index (χ2v) is 2.20. The molecule has 0 saturated carbocycles. The fraction of sp³-hybridized carbons (Fsp3) is 0.111. The number of oxime groups is 1. The van der Waals surface area contributed by atoms with Gasteiger partial charge in [-0.2, -0.15) is 24.3 Å². The van der Waals surface area contributed by atoms with Crippen LogP contribution in [0.25, 0.3) is 0 Å². The van der Waals surface area contributed by atoms with Crippen LogP contribution in [-0.4, -0.2) is 13.1 Å². The van der Waals surface area contributed by atoms with Crippen molar-refractivity contribution in [2.75, 3.05) is 11.6 Å². The summed E-state index contributed by atoms with van der Waals surface area (Å²) >= 11 is 0. The summed E-state index contributed by atoms with van der Waals surface area (Å²) in [4.78, 5) is 6.66. The van der Waals surface area contributed by atoms with Crippen molar-refractivity contribution in [3.63, 3.8) is 0 Å². The first-order valence-electron chi connectivity index (χ1n) is 3.35. The van der Waals surface area contributed by atoms with Crippen LogP contribution < -0.4 is 4.90 Å². The zero-order valence-corrected chi connectivity index (χ0v) is 9.62. The van der Waals surface area contributed by atoms with Crippen molar-refractivity contribution >= 4 is 12.0 Å². The molecule has 3 nitrogen and oxygen atoms in total. The van der Waals surface area contributed by atoms with Gasteiger partial charge in [0, 0.05) is 20.1 Å². The smallest absolute Gasteiger partial charge is 0.193 e. The molecule has 0 unspecified atom stereocenters. The van der Waals surface area contributed by atoms with E-state index in [4.69, 9.17) is 4.84 Å². The van der Waals surface area contributed by atoms with E-state index in [1.165, 1.54) is 0 Å². The van der Waals surface area contributed by atoms with E-state index in [-0.39, 0.29) is 27.5 Å². The maximum Gasteiger partial charge on any atom is 0.193 e. The molecular weight excluding hydrogens is 344 g/mol. The van der Waals surface area contributed by atoms with Crippen molar-refractivity contribution in [2.45, 2.75) is 0 Å². The zero-order chi connectivity index (χ0) is 7.52. The van der Waals surface area contributed by atoms with Crippen molar-refractivity contribution in [3.8, 4) is 0 Å². The molecule has 0 fully saturated rings. The summed E-state index contributed by atoms with van der Waals surface area (Å²) < 4.78 is 0. The molecule has 73 valence electrons. The molecule has 1 heterocycles. The van der Waals surface area contributed by atoms with Gasteiger partial charge in [0.2, 0.25) is 0 Å². The molecule has 0 aromatic heterocycles. The predicted octanol–water partition coefficient (Wildman–Crippen LogP) is 1.67. The van der Waals surface area contributed by atoms with E-state index in [2.05, 4.69) is 11.2 Å². The first-order valence-corrected chi connectivity index (χ1v) is 3.35. The monoisotopic (exact) mass is 355 g/mol. The first kappa shape index (κ1) is 12.1. The Kier molecular flexibility index (Phi) is 5.35. The number of anilines is 1. The Morgan fingerprint density at radius 2 is 2.31 bits per heavy atom. The minimum Gasteiger partial charge on any atom is -0.372 e. The number of hydrogen-bond donors (Lipinski definition) is 0. The van der Waals surface area contributed by atoms with Gasteiger partial charge in [-0.25, -0.2) is 0 Å². The normalized spacial score (nSPS) is 12.8. The van der Waals surface area contributed by atoms with Gasteiger partial charge in [0.15, 0.2) is 6.73 Å². The van der Waals surface area contributed by atoms with Crippen molar-refractivity contribution in [2.24, 2.45) is 5.16 Å². The fourth-order valence-electron chi connectivity index (χ4n) is 0.913. The van der Waals surface area contributed by atoms with E-state index >= 15 is 0 Å². The molecule has 0 aliphatic carbocycles. The molecule has 13 heavy (non-hydrogen) atoms. The Bertz CT molecular complexity index is 264. The molecule has 1 aromatic rings. The SMILES string of the molecule is [CH3-].[Ir].[c-]1ccccc1N1C=NOC1. The Morgan fingerprint density at radius 3 is 2.85 bits per heavy atom. The van der Waals surface area contributed by atoms with Crippen LogP contribution in [0.5, 0.6) is 0 Å². The minimum atomic E-state index is 0. The molecule has 0 atom stereocenters. The summed E-state index contributed by atoms with van der Waals surface area (Å²) in [6.45, 7) is 0.487. The van der Waals surface area contributed by atoms with Crippen molar-refractivity contribution in [3.05, 3.63) is 37.8 Å². The third-order valence-corrected chi connectivity index (χ3v) is 1.46. The van der Waals surface area contributed by atoms with E-state index in [0.717, 1.165) is 5.69 Å². The van der Waals surface area contributed by atoms with Gasteiger partial charge in [-0.05, 0) is 0 Å². The molecular formula is C9H10IrN2O-2. The van der Waals surface area contributed by atoms with Crippen LogP contribution in [0, 0.1) is 13.5 Å². The molecule has 0 bridgehead atoms. The number of benzene rings is 1. The maximum absolute atomic E-state index is 4.79. The number of hydrogen-bond acceptors (Lipinski definition) is 3. The van der Waals surface area contributed by atoms with Gasteiger partial charge < -0.3 is 17.2 Å². The van der Waals surface area contributed by atoms with Crippen molar-refractivity contribution < 1.29 is 24.9 Å². The summed E-state index contributed by atoms with van der Waals surface area (Å²) in [5, 5.41) is 3.62. The van der Waals surface area contributed by atoms with Crippen LogP contribution >= 0.6 is 0 Å². The summed E-state index contributed by atoms with van der Waals surface area (Å²) in [7, 11) is 0. The Morgan fingerprint density at radius 1 is 1.46 bits per heavy atom. The quantitative estimate of drug-likeness (QED) is 0.717. The fourth-order valence-corrected chi connectivity index (χ4v) is 0.913. The van der Waals surface area contributed by atoms with Gasteiger partial charge >= 0.3 is 0 Å². The van der Waals surface area contributed by atoms with E-state index in [0.29, 0.717) is 6.73 Å². The van der Waals surface area contributed by atoms with Gasteiger partial charge in [-0.15, -0.1) is 6.07 Å². The maximum atomic E-state index is 4.79. The van der Waals surface area contributed by atoms with E-state index in [1.54, 1.807) is 6.34 Å². The van der Waals surface area contributed by atoms with Crippen LogP contribution in [0.3, 0.4) is 0 Å². The Balaban J connectivity index is 0.000000720. The molecule has 2 rings (SSSR count). The molecule has 0 spiro atoms. The first-order chi connectivity index (χ1) is 5.47.